The molecule has 3 rings (SSSR count). The molecule has 6 nitrogen and oxygen atoms in total. The maximum atomic E-state index is 13.7. The van der Waals surface area contributed by atoms with E-state index in [0.29, 0.717) is 49.5 Å². The molecule has 0 aromatic heterocycles. The lowest BCUT2D eigenvalue weighted by molar-refractivity contribution is -0.140. The van der Waals surface area contributed by atoms with Crippen LogP contribution >= 0.6 is 11.6 Å². The molecule has 1 atom stereocenters. The number of likely N-dealkylation sites (N-methyl/N-ethyl adjacent to an activating group) is 1. The van der Waals surface area contributed by atoms with E-state index in [1.165, 1.54) is 18.0 Å². The van der Waals surface area contributed by atoms with E-state index in [1.54, 1.807) is 6.07 Å². The number of rotatable bonds is 9. The lowest BCUT2D eigenvalue weighted by Crippen LogP contribution is -2.45. The van der Waals surface area contributed by atoms with Gasteiger partial charge in [-0.05, 0) is 80.7 Å². The number of hydrogen-bond acceptors (Lipinski definition) is 4. The fourth-order valence-corrected chi connectivity index (χ4v) is 5.68. The number of likely N-dealkylation sites (tertiary alicyclic amines) is 1. The largest absolute Gasteiger partial charge is 0.419 e. The minimum Gasteiger partial charge on any atom is -0.341 e. The Kier molecular flexibility index (Phi) is 9.83. The number of amides is 1. The molecular formula is C26H32ClF4N3O3S. The van der Waals surface area contributed by atoms with Crippen LogP contribution in [0, 0.1) is 12.7 Å². The predicted molar refractivity (Wildman–Crippen MR) is 139 cm³/mol. The average molecular weight is 578 g/mol. The highest BCUT2D eigenvalue weighted by Crippen LogP contribution is 2.33. The molecule has 0 radical (unpaired) electrons. The van der Waals surface area contributed by atoms with Gasteiger partial charge >= 0.3 is 6.18 Å². The first-order chi connectivity index (χ1) is 17.6. The molecule has 12 heteroatoms. The van der Waals surface area contributed by atoms with E-state index >= 15 is 0 Å². The molecule has 1 amide bonds. The second-order valence-corrected chi connectivity index (χ2v) is 12.0. The molecule has 1 saturated heterocycles. The molecule has 1 N–H and O–H groups in total. The van der Waals surface area contributed by atoms with Crippen molar-refractivity contribution in [2.24, 2.45) is 0 Å². The topological polar surface area (TPSA) is 69.7 Å². The second kappa shape index (κ2) is 12.3. The number of hydrogen-bond donors (Lipinski definition) is 1. The molecular weight excluding hydrogens is 546 g/mol. The van der Waals surface area contributed by atoms with Crippen molar-refractivity contribution in [3.05, 3.63) is 69.5 Å². The lowest BCUT2D eigenvalue weighted by atomic mass is 9.92. The number of aryl methyl sites for hydroxylation is 1. The molecule has 1 unspecified atom stereocenters. The van der Waals surface area contributed by atoms with Crippen LogP contribution in [-0.4, -0.2) is 63.1 Å². The SMILES string of the molecule is Cc1ccc(C(CCN2CCC(NS(C)(=O)=O)CC2)C(=O)N(C)Cc2ccc(F)c(C(F)(F)F)c2)cc1Cl. The molecule has 1 aliphatic rings. The van der Waals surface area contributed by atoms with Crippen molar-refractivity contribution >= 4 is 27.5 Å². The standard InChI is InChI=1S/C26H32ClF4N3O3S/c1-17-4-6-19(15-23(17)27)21(10-13-34-11-8-20(9-12-34)32-38(3,36)37)25(35)33(2)16-18-5-7-24(28)22(14-18)26(29,30)31/h4-7,14-15,20-21,32H,8-13,16H2,1-3H3. The fourth-order valence-electron chi connectivity index (χ4n) is 4.65. The number of benzene rings is 2. The maximum Gasteiger partial charge on any atom is 0.419 e. The van der Waals surface area contributed by atoms with Crippen molar-refractivity contribution in [2.75, 3.05) is 32.9 Å². The van der Waals surface area contributed by atoms with Gasteiger partial charge in [0.15, 0.2) is 0 Å². The Morgan fingerprint density at radius 2 is 1.84 bits per heavy atom. The van der Waals surface area contributed by atoms with Gasteiger partial charge in [0, 0.05) is 24.7 Å². The van der Waals surface area contributed by atoms with Crippen LogP contribution in [-0.2, 0) is 27.5 Å². The van der Waals surface area contributed by atoms with Gasteiger partial charge in [-0.2, -0.15) is 13.2 Å². The van der Waals surface area contributed by atoms with Gasteiger partial charge in [0.2, 0.25) is 15.9 Å². The van der Waals surface area contributed by atoms with E-state index in [9.17, 15) is 30.8 Å². The van der Waals surface area contributed by atoms with Crippen molar-refractivity contribution in [3.63, 3.8) is 0 Å². The normalized spacial score (nSPS) is 16.4. The molecule has 1 fully saturated rings. The summed E-state index contributed by atoms with van der Waals surface area (Å²) in [5, 5.41) is 0.504. The minimum atomic E-state index is -4.84. The van der Waals surface area contributed by atoms with Crippen LogP contribution < -0.4 is 4.72 Å². The summed E-state index contributed by atoms with van der Waals surface area (Å²) in [4.78, 5) is 17.1. The molecule has 1 heterocycles. The van der Waals surface area contributed by atoms with E-state index in [1.807, 2.05) is 19.1 Å². The Balaban J connectivity index is 1.74. The van der Waals surface area contributed by atoms with Gasteiger partial charge in [0.1, 0.15) is 5.82 Å². The zero-order valence-electron chi connectivity index (χ0n) is 21.5. The van der Waals surface area contributed by atoms with Gasteiger partial charge in [0.25, 0.3) is 0 Å². The van der Waals surface area contributed by atoms with Crippen LogP contribution in [0.3, 0.4) is 0 Å². The van der Waals surface area contributed by atoms with E-state index in [0.717, 1.165) is 24.0 Å². The molecule has 1 aliphatic heterocycles. The van der Waals surface area contributed by atoms with Gasteiger partial charge in [0.05, 0.1) is 17.7 Å². The fraction of sp³-hybridized carbons (Fsp3) is 0.500. The first kappa shape index (κ1) is 30.3. The number of nitrogens with one attached hydrogen (secondary N) is 1. The minimum absolute atomic E-state index is 0.124. The van der Waals surface area contributed by atoms with Gasteiger partial charge in [-0.15, -0.1) is 0 Å². The van der Waals surface area contributed by atoms with Gasteiger partial charge in [-0.3, -0.25) is 4.79 Å². The molecule has 2 aromatic rings. The second-order valence-electron chi connectivity index (χ2n) is 9.86. The number of piperidine rings is 1. The summed E-state index contributed by atoms with van der Waals surface area (Å²) in [5.74, 6) is -2.26. The summed E-state index contributed by atoms with van der Waals surface area (Å²) >= 11 is 6.33. The summed E-state index contributed by atoms with van der Waals surface area (Å²) in [5.41, 5.74) is 0.338. The summed E-state index contributed by atoms with van der Waals surface area (Å²) in [6.07, 6.45) is -1.98. The van der Waals surface area contributed by atoms with Crippen LogP contribution in [0.15, 0.2) is 36.4 Å². The highest BCUT2D eigenvalue weighted by atomic mass is 35.5. The maximum absolute atomic E-state index is 13.7. The predicted octanol–water partition coefficient (Wildman–Crippen LogP) is 4.95. The van der Waals surface area contributed by atoms with Gasteiger partial charge < -0.3 is 9.80 Å². The molecule has 210 valence electrons. The Morgan fingerprint density at radius 1 is 1.18 bits per heavy atom. The third-order valence-electron chi connectivity index (χ3n) is 6.73. The molecule has 2 aromatic carbocycles. The number of carbonyl (C=O) groups excluding carboxylic acids is 1. The van der Waals surface area contributed by atoms with Gasteiger partial charge in [-0.25, -0.2) is 17.5 Å². The third kappa shape index (κ3) is 8.39. The average Bonchev–Trinajstić information content (AvgIpc) is 2.81. The summed E-state index contributed by atoms with van der Waals surface area (Å²) in [7, 11) is -1.78. The van der Waals surface area contributed by atoms with Crippen molar-refractivity contribution in [3.8, 4) is 0 Å². The van der Waals surface area contributed by atoms with E-state index in [2.05, 4.69) is 9.62 Å². The van der Waals surface area contributed by atoms with Crippen LogP contribution in [0.25, 0.3) is 0 Å². The van der Waals surface area contributed by atoms with Crippen LogP contribution in [0.2, 0.25) is 5.02 Å². The number of alkyl halides is 3. The summed E-state index contributed by atoms with van der Waals surface area (Å²) in [6, 6.07) is 7.96. The van der Waals surface area contributed by atoms with E-state index < -0.39 is 33.5 Å². The third-order valence-corrected chi connectivity index (χ3v) is 7.90. The van der Waals surface area contributed by atoms with Gasteiger partial charge in [-0.1, -0.05) is 29.8 Å². The Hall–Kier alpha value is -2.21. The van der Waals surface area contributed by atoms with Crippen molar-refractivity contribution in [2.45, 2.75) is 50.9 Å². The highest BCUT2D eigenvalue weighted by molar-refractivity contribution is 7.88. The monoisotopic (exact) mass is 577 g/mol. The summed E-state index contributed by atoms with van der Waals surface area (Å²) in [6.45, 7) is 3.61. The Bertz CT molecular complexity index is 1250. The van der Waals surface area contributed by atoms with E-state index in [-0.39, 0.29) is 24.1 Å². The molecule has 0 aliphatic carbocycles. The number of sulfonamides is 1. The van der Waals surface area contributed by atoms with Crippen molar-refractivity contribution in [1.82, 2.24) is 14.5 Å². The summed E-state index contributed by atoms with van der Waals surface area (Å²) < 4.78 is 78.8. The van der Waals surface area contributed by atoms with Crippen LogP contribution in [0.1, 0.15) is 47.4 Å². The number of carbonyl (C=O) groups is 1. The quantitative estimate of drug-likeness (QED) is 0.428. The molecule has 0 spiro atoms. The van der Waals surface area contributed by atoms with Crippen LogP contribution in [0.5, 0.6) is 0 Å². The first-order valence-electron chi connectivity index (χ1n) is 12.2. The Morgan fingerprint density at radius 3 is 2.42 bits per heavy atom. The van der Waals surface area contributed by atoms with Crippen molar-refractivity contribution < 1.29 is 30.8 Å². The smallest absolute Gasteiger partial charge is 0.341 e. The molecule has 38 heavy (non-hydrogen) atoms. The zero-order chi connectivity index (χ0) is 28.3. The highest BCUT2D eigenvalue weighted by Gasteiger charge is 2.34. The lowest BCUT2D eigenvalue weighted by Gasteiger charge is -2.33. The number of halogens is 5. The van der Waals surface area contributed by atoms with E-state index in [4.69, 9.17) is 11.6 Å². The Labute approximate surface area is 226 Å². The van der Waals surface area contributed by atoms with Crippen LogP contribution in [0.4, 0.5) is 17.6 Å². The molecule has 0 bridgehead atoms. The molecule has 0 saturated carbocycles. The van der Waals surface area contributed by atoms with Crippen molar-refractivity contribution in [1.29, 1.82) is 0 Å². The first-order valence-corrected chi connectivity index (χ1v) is 14.5. The zero-order valence-corrected chi connectivity index (χ0v) is 23.1. The number of nitrogens with zero attached hydrogens (tertiary/aromatic N) is 2.